The zero-order valence-electron chi connectivity index (χ0n) is 14.1. The molecule has 0 atom stereocenters. The van der Waals surface area contributed by atoms with E-state index in [-0.39, 0.29) is 11.7 Å². The van der Waals surface area contributed by atoms with Crippen LogP contribution in [-0.2, 0) is 11.3 Å². The number of furan rings is 1. The van der Waals surface area contributed by atoms with Gasteiger partial charge in [0.25, 0.3) is 0 Å². The van der Waals surface area contributed by atoms with Crippen LogP contribution in [0.4, 0.5) is 10.1 Å². The highest BCUT2D eigenvalue weighted by molar-refractivity contribution is 7.99. The van der Waals surface area contributed by atoms with Crippen LogP contribution in [0.25, 0.3) is 11.4 Å². The summed E-state index contributed by atoms with van der Waals surface area (Å²) in [5.41, 5.74) is 1.26. The molecule has 1 aromatic carbocycles. The van der Waals surface area contributed by atoms with Gasteiger partial charge in [0.1, 0.15) is 11.6 Å². The van der Waals surface area contributed by atoms with Gasteiger partial charge in [0.15, 0.2) is 11.0 Å². The SMILES string of the molecule is C=CCn1c(SCC(=O)Nc2cccc(F)c2)nnc1-c1ccoc1C. The van der Waals surface area contributed by atoms with Crippen molar-refractivity contribution in [1.29, 1.82) is 0 Å². The van der Waals surface area contributed by atoms with Gasteiger partial charge < -0.3 is 9.73 Å². The summed E-state index contributed by atoms with van der Waals surface area (Å²) >= 11 is 1.25. The van der Waals surface area contributed by atoms with Crippen molar-refractivity contribution in [2.45, 2.75) is 18.6 Å². The molecule has 2 aromatic heterocycles. The molecular weight excluding hydrogens is 355 g/mol. The lowest BCUT2D eigenvalue weighted by Crippen LogP contribution is -2.14. The fraction of sp³-hybridized carbons (Fsp3) is 0.167. The number of aromatic nitrogens is 3. The van der Waals surface area contributed by atoms with Gasteiger partial charge in [-0.25, -0.2) is 4.39 Å². The molecule has 0 aliphatic carbocycles. The van der Waals surface area contributed by atoms with E-state index in [1.54, 1.807) is 24.5 Å². The first-order valence-corrected chi connectivity index (χ1v) is 8.84. The van der Waals surface area contributed by atoms with Crippen LogP contribution in [0.3, 0.4) is 0 Å². The topological polar surface area (TPSA) is 73.0 Å². The molecular formula is C18H17FN4O2S. The Balaban J connectivity index is 1.71. The molecule has 8 heteroatoms. The highest BCUT2D eigenvalue weighted by atomic mass is 32.2. The van der Waals surface area contributed by atoms with Crippen LogP contribution in [0.2, 0.25) is 0 Å². The number of allylic oxidation sites excluding steroid dienone is 1. The third kappa shape index (κ3) is 4.02. The van der Waals surface area contributed by atoms with Crippen LogP contribution < -0.4 is 5.32 Å². The van der Waals surface area contributed by atoms with Gasteiger partial charge in [-0.1, -0.05) is 23.9 Å². The summed E-state index contributed by atoms with van der Waals surface area (Å²) in [6.07, 6.45) is 3.33. The molecule has 0 spiro atoms. The maximum Gasteiger partial charge on any atom is 0.234 e. The van der Waals surface area contributed by atoms with Crippen LogP contribution in [-0.4, -0.2) is 26.4 Å². The Labute approximate surface area is 154 Å². The van der Waals surface area contributed by atoms with Gasteiger partial charge in [-0.2, -0.15) is 0 Å². The zero-order valence-corrected chi connectivity index (χ0v) is 14.9. The van der Waals surface area contributed by atoms with Crippen molar-refractivity contribution in [1.82, 2.24) is 14.8 Å². The summed E-state index contributed by atoms with van der Waals surface area (Å²) < 4.78 is 20.4. The van der Waals surface area contributed by atoms with Crippen LogP contribution in [0, 0.1) is 12.7 Å². The van der Waals surface area contributed by atoms with Crippen molar-refractivity contribution >= 4 is 23.4 Å². The molecule has 3 aromatic rings. The first kappa shape index (κ1) is 17.9. The molecule has 0 saturated heterocycles. The normalized spacial score (nSPS) is 10.7. The van der Waals surface area contributed by atoms with Gasteiger partial charge >= 0.3 is 0 Å². The number of carbonyl (C=O) groups excluding carboxylic acids is 1. The largest absolute Gasteiger partial charge is 0.469 e. The summed E-state index contributed by atoms with van der Waals surface area (Å²) in [7, 11) is 0. The van der Waals surface area contributed by atoms with Crippen molar-refractivity contribution in [3.05, 3.63) is 60.8 Å². The highest BCUT2D eigenvalue weighted by Crippen LogP contribution is 2.27. The van der Waals surface area contributed by atoms with Crippen molar-refractivity contribution in [2.75, 3.05) is 11.1 Å². The standard InChI is InChI=1S/C18H17FN4O2S/c1-3-8-23-17(15-7-9-25-12(15)2)21-22-18(23)26-11-16(24)20-14-6-4-5-13(19)10-14/h3-7,9-10H,1,8,11H2,2H3,(H,20,24). The lowest BCUT2D eigenvalue weighted by atomic mass is 10.2. The second kappa shape index (κ2) is 8.01. The Kier molecular flexibility index (Phi) is 5.52. The van der Waals surface area contributed by atoms with Gasteiger partial charge in [-0.15, -0.1) is 16.8 Å². The lowest BCUT2D eigenvalue weighted by Gasteiger charge is -2.08. The van der Waals surface area contributed by atoms with Crippen molar-refractivity contribution in [3.8, 4) is 11.4 Å². The minimum absolute atomic E-state index is 0.121. The summed E-state index contributed by atoms with van der Waals surface area (Å²) in [6.45, 7) is 6.11. The third-order valence-corrected chi connectivity index (χ3v) is 4.54. The zero-order chi connectivity index (χ0) is 18.5. The van der Waals surface area contributed by atoms with E-state index in [2.05, 4.69) is 22.1 Å². The monoisotopic (exact) mass is 372 g/mol. The molecule has 0 radical (unpaired) electrons. The summed E-state index contributed by atoms with van der Waals surface area (Å²) in [5.74, 6) is 0.860. The van der Waals surface area contributed by atoms with Gasteiger partial charge in [0.05, 0.1) is 17.6 Å². The number of benzene rings is 1. The minimum Gasteiger partial charge on any atom is -0.469 e. The number of halogens is 1. The Hall–Kier alpha value is -2.87. The summed E-state index contributed by atoms with van der Waals surface area (Å²) in [6, 6.07) is 7.58. The first-order valence-electron chi connectivity index (χ1n) is 7.85. The van der Waals surface area contributed by atoms with Crippen LogP contribution >= 0.6 is 11.8 Å². The van der Waals surface area contributed by atoms with Crippen molar-refractivity contribution in [2.24, 2.45) is 0 Å². The molecule has 3 rings (SSSR count). The number of aryl methyl sites for hydroxylation is 1. The predicted molar refractivity (Wildman–Crippen MR) is 98.4 cm³/mol. The number of nitrogens with zero attached hydrogens (tertiary/aromatic N) is 3. The van der Waals surface area contributed by atoms with E-state index in [0.717, 1.165) is 11.3 Å². The average molecular weight is 372 g/mol. The smallest absolute Gasteiger partial charge is 0.234 e. The van der Waals surface area contributed by atoms with E-state index in [1.807, 2.05) is 17.6 Å². The quantitative estimate of drug-likeness (QED) is 0.503. The first-order chi connectivity index (χ1) is 12.6. The van der Waals surface area contributed by atoms with Crippen LogP contribution in [0.15, 0.2) is 58.8 Å². The Morgan fingerprint density at radius 2 is 2.27 bits per heavy atom. The average Bonchev–Trinajstić information content (AvgIpc) is 3.19. The minimum atomic E-state index is -0.402. The molecule has 134 valence electrons. The molecule has 0 aliphatic rings. The number of anilines is 1. The fourth-order valence-electron chi connectivity index (χ4n) is 2.40. The molecule has 0 aliphatic heterocycles. The van der Waals surface area contributed by atoms with E-state index >= 15 is 0 Å². The molecule has 1 N–H and O–H groups in total. The molecule has 2 heterocycles. The number of thioether (sulfide) groups is 1. The van der Waals surface area contributed by atoms with Gasteiger partial charge in [-0.3, -0.25) is 9.36 Å². The molecule has 0 saturated carbocycles. The number of amides is 1. The third-order valence-electron chi connectivity index (χ3n) is 3.57. The van der Waals surface area contributed by atoms with E-state index in [4.69, 9.17) is 4.42 Å². The van der Waals surface area contributed by atoms with E-state index in [9.17, 15) is 9.18 Å². The van der Waals surface area contributed by atoms with Crippen molar-refractivity contribution < 1.29 is 13.6 Å². The second-order valence-electron chi connectivity index (χ2n) is 5.44. The molecule has 6 nitrogen and oxygen atoms in total. The van der Waals surface area contributed by atoms with Crippen LogP contribution in [0.1, 0.15) is 5.76 Å². The molecule has 0 bridgehead atoms. The summed E-state index contributed by atoms with van der Waals surface area (Å²) in [4.78, 5) is 12.1. The van der Waals surface area contributed by atoms with Crippen LogP contribution in [0.5, 0.6) is 0 Å². The number of hydrogen-bond donors (Lipinski definition) is 1. The Bertz CT molecular complexity index is 935. The number of carbonyl (C=O) groups is 1. The predicted octanol–water partition coefficient (Wildman–Crippen LogP) is 3.90. The van der Waals surface area contributed by atoms with Crippen molar-refractivity contribution in [3.63, 3.8) is 0 Å². The molecule has 0 unspecified atom stereocenters. The fourth-order valence-corrected chi connectivity index (χ4v) is 3.15. The number of rotatable bonds is 7. The van der Waals surface area contributed by atoms with E-state index < -0.39 is 5.82 Å². The maximum atomic E-state index is 13.2. The molecule has 1 amide bonds. The molecule has 0 fully saturated rings. The maximum absolute atomic E-state index is 13.2. The van der Waals surface area contributed by atoms with Gasteiger partial charge in [0, 0.05) is 12.2 Å². The van der Waals surface area contributed by atoms with Gasteiger partial charge in [-0.05, 0) is 31.2 Å². The van der Waals surface area contributed by atoms with Gasteiger partial charge in [0.2, 0.25) is 5.91 Å². The lowest BCUT2D eigenvalue weighted by molar-refractivity contribution is -0.113. The van der Waals surface area contributed by atoms with E-state index in [1.165, 1.54) is 23.9 Å². The molecule has 26 heavy (non-hydrogen) atoms. The highest BCUT2D eigenvalue weighted by Gasteiger charge is 2.17. The Morgan fingerprint density at radius 1 is 1.42 bits per heavy atom. The van der Waals surface area contributed by atoms with E-state index in [0.29, 0.717) is 23.2 Å². The second-order valence-corrected chi connectivity index (χ2v) is 6.39. The number of nitrogens with one attached hydrogen (secondary N) is 1. The Morgan fingerprint density at radius 3 is 2.96 bits per heavy atom. The number of hydrogen-bond acceptors (Lipinski definition) is 5. The summed E-state index contributed by atoms with van der Waals surface area (Å²) in [5, 5.41) is 11.6.